The van der Waals surface area contributed by atoms with E-state index in [4.69, 9.17) is 0 Å². The molecule has 0 N–H and O–H groups in total. The van der Waals surface area contributed by atoms with Crippen molar-refractivity contribution in [2.45, 2.75) is 18.6 Å². The van der Waals surface area contributed by atoms with Gasteiger partial charge in [-0.1, -0.05) is 70.2 Å². The molecule has 24 heavy (non-hydrogen) atoms. The van der Waals surface area contributed by atoms with Gasteiger partial charge in [-0.05, 0) is 19.1 Å². The maximum atomic E-state index is 12.3. The van der Waals surface area contributed by atoms with Gasteiger partial charge in [-0.2, -0.15) is 0 Å². The standard InChI is InChI=1S/C18H16BrN3OS/c1-2-22-17(13-7-4-3-5-8-13)20-21-18(22)24-12-16(23)14-9-6-10-15(19)11-14/h3-11H,2,12H2,1H3. The minimum Gasteiger partial charge on any atom is -0.302 e. The average Bonchev–Trinajstić information content (AvgIpc) is 3.03. The van der Waals surface area contributed by atoms with Crippen molar-refractivity contribution in [3.8, 4) is 11.4 Å². The SMILES string of the molecule is CCn1c(SCC(=O)c2cccc(Br)c2)nnc1-c1ccccc1. The van der Waals surface area contributed by atoms with Crippen molar-refractivity contribution in [1.82, 2.24) is 14.8 Å². The molecule has 6 heteroatoms. The number of nitrogens with zero attached hydrogens (tertiary/aromatic N) is 3. The number of thioether (sulfide) groups is 1. The van der Waals surface area contributed by atoms with Crippen molar-refractivity contribution in [2.24, 2.45) is 0 Å². The van der Waals surface area contributed by atoms with Gasteiger partial charge >= 0.3 is 0 Å². The maximum absolute atomic E-state index is 12.3. The molecule has 0 atom stereocenters. The lowest BCUT2D eigenvalue weighted by atomic mass is 10.2. The van der Waals surface area contributed by atoms with Gasteiger partial charge in [-0.25, -0.2) is 0 Å². The molecule has 0 amide bonds. The number of halogens is 1. The number of carbonyl (C=O) groups is 1. The van der Waals surface area contributed by atoms with Crippen molar-refractivity contribution in [2.75, 3.05) is 5.75 Å². The topological polar surface area (TPSA) is 47.8 Å². The Balaban J connectivity index is 1.76. The summed E-state index contributed by atoms with van der Waals surface area (Å²) in [6.07, 6.45) is 0. The maximum Gasteiger partial charge on any atom is 0.191 e. The van der Waals surface area contributed by atoms with Crippen molar-refractivity contribution in [1.29, 1.82) is 0 Å². The summed E-state index contributed by atoms with van der Waals surface area (Å²) in [4.78, 5) is 12.3. The molecule has 0 bridgehead atoms. The van der Waals surface area contributed by atoms with E-state index in [0.29, 0.717) is 11.3 Å². The Morgan fingerprint density at radius 1 is 1.12 bits per heavy atom. The van der Waals surface area contributed by atoms with E-state index >= 15 is 0 Å². The van der Waals surface area contributed by atoms with Crippen LogP contribution in [0.2, 0.25) is 0 Å². The quantitative estimate of drug-likeness (QED) is 0.443. The summed E-state index contributed by atoms with van der Waals surface area (Å²) < 4.78 is 2.94. The zero-order chi connectivity index (χ0) is 16.9. The Kier molecular flexibility index (Phi) is 5.48. The van der Waals surface area contributed by atoms with Crippen molar-refractivity contribution < 1.29 is 4.79 Å². The second-order valence-electron chi connectivity index (χ2n) is 5.14. The van der Waals surface area contributed by atoms with Crippen LogP contribution < -0.4 is 0 Å². The smallest absolute Gasteiger partial charge is 0.191 e. The van der Waals surface area contributed by atoms with Gasteiger partial charge in [0.25, 0.3) is 0 Å². The summed E-state index contributed by atoms with van der Waals surface area (Å²) in [7, 11) is 0. The van der Waals surface area contributed by atoms with E-state index in [1.54, 1.807) is 0 Å². The molecule has 0 saturated carbocycles. The molecule has 0 aliphatic rings. The monoisotopic (exact) mass is 401 g/mol. The number of rotatable bonds is 6. The van der Waals surface area contributed by atoms with E-state index in [2.05, 4.69) is 33.1 Å². The number of ketones is 1. The van der Waals surface area contributed by atoms with E-state index in [0.717, 1.165) is 27.6 Å². The average molecular weight is 402 g/mol. The molecule has 0 spiro atoms. The van der Waals surface area contributed by atoms with E-state index in [-0.39, 0.29) is 5.78 Å². The molecule has 1 heterocycles. The first-order valence-electron chi connectivity index (χ1n) is 7.59. The largest absolute Gasteiger partial charge is 0.302 e. The number of hydrogen-bond acceptors (Lipinski definition) is 4. The number of aromatic nitrogens is 3. The van der Waals surface area contributed by atoms with Gasteiger partial charge in [0.05, 0.1) is 5.75 Å². The number of Topliss-reactive ketones (excluding diaryl/α,β-unsaturated/α-hetero) is 1. The van der Waals surface area contributed by atoms with Crippen LogP contribution in [-0.4, -0.2) is 26.3 Å². The highest BCUT2D eigenvalue weighted by Crippen LogP contribution is 2.24. The second kappa shape index (κ2) is 7.77. The number of hydrogen-bond donors (Lipinski definition) is 0. The third-order valence-electron chi connectivity index (χ3n) is 3.54. The van der Waals surface area contributed by atoms with Crippen LogP contribution in [0, 0.1) is 0 Å². The van der Waals surface area contributed by atoms with Gasteiger partial charge < -0.3 is 4.57 Å². The molecular formula is C18H16BrN3OS. The predicted molar refractivity (Wildman–Crippen MR) is 100 cm³/mol. The van der Waals surface area contributed by atoms with Crippen LogP contribution in [0.1, 0.15) is 17.3 Å². The fraction of sp³-hybridized carbons (Fsp3) is 0.167. The molecule has 0 aliphatic heterocycles. The van der Waals surface area contributed by atoms with Crippen LogP contribution in [-0.2, 0) is 6.54 Å². The van der Waals surface area contributed by atoms with Gasteiger partial charge in [0.15, 0.2) is 16.8 Å². The molecule has 3 aromatic rings. The first-order chi connectivity index (χ1) is 11.7. The highest BCUT2D eigenvalue weighted by molar-refractivity contribution is 9.10. The molecule has 0 unspecified atom stereocenters. The van der Waals surface area contributed by atoms with Gasteiger partial charge in [-0.15, -0.1) is 10.2 Å². The van der Waals surface area contributed by atoms with E-state index in [9.17, 15) is 4.79 Å². The molecule has 1 aromatic heterocycles. The fourth-order valence-electron chi connectivity index (χ4n) is 2.36. The lowest BCUT2D eigenvalue weighted by Crippen LogP contribution is -2.05. The molecule has 3 rings (SSSR count). The first kappa shape index (κ1) is 16.9. The summed E-state index contributed by atoms with van der Waals surface area (Å²) in [5.74, 6) is 1.24. The molecule has 0 fully saturated rings. The molecular weight excluding hydrogens is 386 g/mol. The van der Waals surface area contributed by atoms with E-state index < -0.39 is 0 Å². The van der Waals surface area contributed by atoms with Crippen LogP contribution in [0.25, 0.3) is 11.4 Å². The van der Waals surface area contributed by atoms with E-state index in [1.807, 2.05) is 59.2 Å². The highest BCUT2D eigenvalue weighted by atomic mass is 79.9. The Hall–Kier alpha value is -1.92. The predicted octanol–water partition coefficient (Wildman–Crippen LogP) is 4.70. The lowest BCUT2D eigenvalue weighted by Gasteiger charge is -2.07. The lowest BCUT2D eigenvalue weighted by molar-refractivity contribution is 0.102. The summed E-state index contributed by atoms with van der Waals surface area (Å²) in [5.41, 5.74) is 1.72. The van der Waals surface area contributed by atoms with Crippen molar-refractivity contribution >= 4 is 33.5 Å². The third-order valence-corrected chi connectivity index (χ3v) is 5.00. The van der Waals surface area contributed by atoms with Gasteiger partial charge in [0.1, 0.15) is 0 Å². The normalized spacial score (nSPS) is 10.8. The van der Waals surface area contributed by atoms with Crippen molar-refractivity contribution in [3.63, 3.8) is 0 Å². The Labute approximate surface area is 153 Å². The molecule has 0 saturated heterocycles. The Morgan fingerprint density at radius 2 is 1.92 bits per heavy atom. The van der Waals surface area contributed by atoms with Crippen LogP contribution in [0.5, 0.6) is 0 Å². The van der Waals surface area contributed by atoms with Crippen LogP contribution in [0.3, 0.4) is 0 Å². The summed E-state index contributed by atoms with van der Waals surface area (Å²) >= 11 is 4.81. The zero-order valence-corrected chi connectivity index (χ0v) is 15.5. The van der Waals surface area contributed by atoms with Gasteiger partial charge in [-0.3, -0.25) is 4.79 Å². The van der Waals surface area contributed by atoms with Crippen molar-refractivity contribution in [3.05, 3.63) is 64.6 Å². The molecule has 2 aromatic carbocycles. The van der Waals surface area contributed by atoms with Crippen LogP contribution in [0.4, 0.5) is 0 Å². The fourth-order valence-corrected chi connectivity index (χ4v) is 3.65. The first-order valence-corrected chi connectivity index (χ1v) is 9.37. The molecule has 4 nitrogen and oxygen atoms in total. The van der Waals surface area contributed by atoms with E-state index in [1.165, 1.54) is 11.8 Å². The Bertz CT molecular complexity index is 848. The summed E-state index contributed by atoms with van der Waals surface area (Å²) in [6, 6.07) is 17.4. The highest BCUT2D eigenvalue weighted by Gasteiger charge is 2.15. The van der Waals surface area contributed by atoms with Crippen LogP contribution >= 0.6 is 27.7 Å². The number of carbonyl (C=O) groups excluding carboxylic acids is 1. The second-order valence-corrected chi connectivity index (χ2v) is 7.00. The Morgan fingerprint density at radius 3 is 2.62 bits per heavy atom. The van der Waals surface area contributed by atoms with Crippen LogP contribution in [0.15, 0.2) is 64.2 Å². The minimum atomic E-state index is 0.0771. The van der Waals surface area contributed by atoms with Gasteiger partial charge in [0.2, 0.25) is 0 Å². The summed E-state index contributed by atoms with van der Waals surface area (Å²) in [5, 5.41) is 9.32. The third kappa shape index (κ3) is 3.76. The molecule has 0 radical (unpaired) electrons. The summed E-state index contributed by atoms with van der Waals surface area (Å²) in [6.45, 7) is 2.81. The molecule has 0 aliphatic carbocycles. The molecule has 122 valence electrons. The van der Waals surface area contributed by atoms with Gasteiger partial charge in [0, 0.05) is 22.1 Å². The number of benzene rings is 2. The minimum absolute atomic E-state index is 0.0771. The zero-order valence-electron chi connectivity index (χ0n) is 13.1.